The minimum absolute atomic E-state index is 0.427. The standard InChI is InChI=1S/C7H8Br2N2O/c8-6-3-10-7(9)11(6)5-1-2-12-4-5/h3,5H,1-2,4H2. The summed E-state index contributed by atoms with van der Waals surface area (Å²) >= 11 is 6.84. The summed E-state index contributed by atoms with van der Waals surface area (Å²) in [7, 11) is 0. The van der Waals surface area contributed by atoms with E-state index in [9.17, 15) is 0 Å². The van der Waals surface area contributed by atoms with Gasteiger partial charge in [0.15, 0.2) is 4.73 Å². The van der Waals surface area contributed by atoms with Crippen molar-refractivity contribution in [3.63, 3.8) is 0 Å². The molecule has 0 saturated carbocycles. The van der Waals surface area contributed by atoms with Gasteiger partial charge < -0.3 is 9.30 Å². The number of ether oxygens (including phenoxy) is 1. The van der Waals surface area contributed by atoms with Gasteiger partial charge in [0.1, 0.15) is 4.60 Å². The molecule has 0 aromatic carbocycles. The second-order valence-electron chi connectivity index (χ2n) is 2.74. The smallest absolute Gasteiger partial charge is 0.178 e. The van der Waals surface area contributed by atoms with Crippen LogP contribution in [0.3, 0.4) is 0 Å². The number of nitrogens with zero attached hydrogens (tertiary/aromatic N) is 2. The summed E-state index contributed by atoms with van der Waals surface area (Å²) in [4.78, 5) is 4.14. The van der Waals surface area contributed by atoms with Crippen molar-refractivity contribution in [1.29, 1.82) is 0 Å². The normalized spacial score (nSPS) is 23.3. The molecule has 1 atom stereocenters. The van der Waals surface area contributed by atoms with Crippen molar-refractivity contribution in [2.75, 3.05) is 13.2 Å². The summed E-state index contributed by atoms with van der Waals surface area (Å²) in [5.41, 5.74) is 0. The molecule has 5 heteroatoms. The highest BCUT2D eigenvalue weighted by atomic mass is 79.9. The molecule has 0 N–H and O–H groups in total. The van der Waals surface area contributed by atoms with Crippen LogP contribution in [0.15, 0.2) is 15.5 Å². The molecule has 0 bridgehead atoms. The molecule has 1 aromatic rings. The van der Waals surface area contributed by atoms with E-state index in [4.69, 9.17) is 4.74 Å². The molecule has 2 heterocycles. The Labute approximate surface area is 87.4 Å². The highest BCUT2D eigenvalue weighted by molar-refractivity contribution is 9.11. The highest BCUT2D eigenvalue weighted by Gasteiger charge is 2.21. The van der Waals surface area contributed by atoms with Crippen LogP contribution >= 0.6 is 31.9 Å². The van der Waals surface area contributed by atoms with Crippen LogP contribution in [0.4, 0.5) is 0 Å². The molecule has 66 valence electrons. The van der Waals surface area contributed by atoms with Gasteiger partial charge in [-0.2, -0.15) is 0 Å². The van der Waals surface area contributed by atoms with Crippen LogP contribution in [-0.2, 0) is 4.74 Å². The Morgan fingerprint density at radius 2 is 2.42 bits per heavy atom. The summed E-state index contributed by atoms with van der Waals surface area (Å²) in [6.45, 7) is 1.63. The fraction of sp³-hybridized carbons (Fsp3) is 0.571. The molecule has 0 radical (unpaired) electrons. The number of rotatable bonds is 1. The zero-order valence-corrected chi connectivity index (χ0v) is 9.51. The van der Waals surface area contributed by atoms with Gasteiger partial charge in [-0.3, -0.25) is 0 Å². The molecule has 1 aliphatic rings. The minimum atomic E-state index is 0.427. The van der Waals surface area contributed by atoms with Crippen LogP contribution in [0.5, 0.6) is 0 Å². The zero-order valence-electron chi connectivity index (χ0n) is 6.33. The van der Waals surface area contributed by atoms with Crippen LogP contribution in [0, 0.1) is 0 Å². The van der Waals surface area contributed by atoms with E-state index in [-0.39, 0.29) is 0 Å². The van der Waals surface area contributed by atoms with Gasteiger partial charge in [-0.25, -0.2) is 4.98 Å². The fourth-order valence-corrected chi connectivity index (χ4v) is 2.75. The zero-order chi connectivity index (χ0) is 8.55. The second-order valence-corrected chi connectivity index (χ2v) is 4.26. The molecular weight excluding hydrogens is 288 g/mol. The van der Waals surface area contributed by atoms with Crippen LogP contribution in [0.2, 0.25) is 0 Å². The third kappa shape index (κ3) is 1.45. The third-order valence-electron chi connectivity index (χ3n) is 1.98. The van der Waals surface area contributed by atoms with E-state index >= 15 is 0 Å². The Hall–Kier alpha value is 0.130. The molecular formula is C7H8Br2N2O. The van der Waals surface area contributed by atoms with E-state index in [2.05, 4.69) is 41.4 Å². The van der Waals surface area contributed by atoms with Crippen LogP contribution in [0.1, 0.15) is 12.5 Å². The Morgan fingerprint density at radius 3 is 2.92 bits per heavy atom. The van der Waals surface area contributed by atoms with Crippen molar-refractivity contribution in [1.82, 2.24) is 9.55 Å². The molecule has 2 rings (SSSR count). The SMILES string of the molecule is Brc1cnc(Br)n1C1CCOC1. The molecule has 1 saturated heterocycles. The maximum Gasteiger partial charge on any atom is 0.178 e. The molecule has 0 aliphatic carbocycles. The van der Waals surface area contributed by atoms with Gasteiger partial charge in [-0.15, -0.1) is 0 Å². The highest BCUT2D eigenvalue weighted by Crippen LogP contribution is 2.27. The lowest BCUT2D eigenvalue weighted by molar-refractivity contribution is 0.186. The monoisotopic (exact) mass is 294 g/mol. The van der Waals surface area contributed by atoms with Gasteiger partial charge in [-0.1, -0.05) is 0 Å². The van der Waals surface area contributed by atoms with Crippen molar-refractivity contribution in [2.24, 2.45) is 0 Å². The van der Waals surface area contributed by atoms with Gasteiger partial charge in [0.2, 0.25) is 0 Å². The average Bonchev–Trinajstić information content (AvgIpc) is 2.61. The minimum Gasteiger partial charge on any atom is -0.379 e. The first kappa shape index (κ1) is 8.72. The van der Waals surface area contributed by atoms with Crippen LogP contribution in [-0.4, -0.2) is 22.8 Å². The average molecular weight is 296 g/mol. The Morgan fingerprint density at radius 1 is 1.58 bits per heavy atom. The molecule has 0 spiro atoms. The predicted octanol–water partition coefficient (Wildman–Crippen LogP) is 2.37. The number of halogens is 2. The Kier molecular flexibility index (Phi) is 2.52. The van der Waals surface area contributed by atoms with E-state index in [0.29, 0.717) is 6.04 Å². The van der Waals surface area contributed by atoms with E-state index in [1.807, 2.05) is 0 Å². The molecule has 1 aliphatic heterocycles. The van der Waals surface area contributed by atoms with Crippen molar-refractivity contribution < 1.29 is 4.74 Å². The van der Waals surface area contributed by atoms with Gasteiger partial charge in [-0.05, 0) is 38.3 Å². The van der Waals surface area contributed by atoms with E-state index in [1.165, 1.54) is 0 Å². The van der Waals surface area contributed by atoms with E-state index in [0.717, 1.165) is 29.0 Å². The topological polar surface area (TPSA) is 27.1 Å². The van der Waals surface area contributed by atoms with Gasteiger partial charge in [0.05, 0.1) is 18.8 Å². The largest absolute Gasteiger partial charge is 0.379 e. The quantitative estimate of drug-likeness (QED) is 0.795. The van der Waals surface area contributed by atoms with Crippen LogP contribution in [0.25, 0.3) is 0 Å². The number of aromatic nitrogens is 2. The fourth-order valence-electron chi connectivity index (χ4n) is 1.37. The lowest BCUT2D eigenvalue weighted by Gasteiger charge is -2.11. The molecule has 0 amide bonds. The predicted molar refractivity (Wildman–Crippen MR) is 52.1 cm³/mol. The lowest BCUT2D eigenvalue weighted by Crippen LogP contribution is -2.08. The Balaban J connectivity index is 2.30. The van der Waals surface area contributed by atoms with Crippen molar-refractivity contribution in [2.45, 2.75) is 12.5 Å². The molecule has 12 heavy (non-hydrogen) atoms. The molecule has 1 unspecified atom stereocenters. The first-order valence-corrected chi connectivity index (χ1v) is 5.33. The van der Waals surface area contributed by atoms with Gasteiger partial charge in [0.25, 0.3) is 0 Å². The van der Waals surface area contributed by atoms with Gasteiger partial charge >= 0.3 is 0 Å². The van der Waals surface area contributed by atoms with Crippen molar-refractivity contribution >= 4 is 31.9 Å². The number of imidazole rings is 1. The third-order valence-corrected chi connectivity index (χ3v) is 3.15. The second kappa shape index (κ2) is 3.47. The summed E-state index contributed by atoms with van der Waals surface area (Å²) < 4.78 is 9.27. The summed E-state index contributed by atoms with van der Waals surface area (Å²) in [5, 5.41) is 0. The lowest BCUT2D eigenvalue weighted by atomic mass is 10.3. The van der Waals surface area contributed by atoms with Gasteiger partial charge in [0, 0.05) is 6.61 Å². The maximum atomic E-state index is 5.30. The summed E-state index contributed by atoms with van der Waals surface area (Å²) in [6, 6.07) is 0.427. The Bertz CT molecular complexity index is 261. The summed E-state index contributed by atoms with van der Waals surface area (Å²) in [6.07, 6.45) is 2.86. The molecule has 3 nitrogen and oxygen atoms in total. The van der Waals surface area contributed by atoms with Crippen molar-refractivity contribution in [3.8, 4) is 0 Å². The number of hydrogen-bond acceptors (Lipinski definition) is 2. The first-order chi connectivity index (χ1) is 5.79. The molecule has 1 aromatic heterocycles. The van der Waals surface area contributed by atoms with Crippen LogP contribution < -0.4 is 0 Å². The van der Waals surface area contributed by atoms with Crippen molar-refractivity contribution in [3.05, 3.63) is 15.5 Å². The summed E-state index contributed by atoms with van der Waals surface area (Å²) in [5.74, 6) is 0. The number of hydrogen-bond donors (Lipinski definition) is 0. The van der Waals surface area contributed by atoms with E-state index < -0.39 is 0 Å². The van der Waals surface area contributed by atoms with E-state index in [1.54, 1.807) is 6.20 Å². The maximum absolute atomic E-state index is 5.30. The molecule has 1 fully saturated rings. The first-order valence-electron chi connectivity index (χ1n) is 3.75.